The molecule has 0 amide bonds. The van der Waals surface area contributed by atoms with E-state index in [2.05, 4.69) is 4.74 Å². The van der Waals surface area contributed by atoms with Gasteiger partial charge in [0.2, 0.25) is 0 Å². The van der Waals surface area contributed by atoms with Crippen LogP contribution in [-0.2, 0) is 19.1 Å². The van der Waals surface area contributed by atoms with Gasteiger partial charge in [-0.1, -0.05) is 0 Å². The van der Waals surface area contributed by atoms with Crippen molar-refractivity contribution in [2.45, 2.75) is 50.5 Å². The lowest BCUT2D eigenvalue weighted by Gasteiger charge is -2.25. The Morgan fingerprint density at radius 1 is 1.00 bits per heavy atom. The van der Waals surface area contributed by atoms with Gasteiger partial charge in [0.05, 0.1) is 6.61 Å². The van der Waals surface area contributed by atoms with Crippen LogP contribution in [0.1, 0.15) is 13.8 Å². The zero-order valence-electron chi connectivity index (χ0n) is 12.5. The molecule has 7 N–H and O–H groups in total. The van der Waals surface area contributed by atoms with Crippen LogP contribution in [0.25, 0.3) is 0 Å². The quantitative estimate of drug-likeness (QED) is 0.167. The Hall–Kier alpha value is -1.63. The minimum absolute atomic E-state index is 0.0399. The molecule has 0 fully saturated rings. The summed E-state index contributed by atoms with van der Waals surface area (Å²) in [4.78, 5) is 30.9. The van der Waals surface area contributed by atoms with Gasteiger partial charge < -0.3 is 40.5 Å². The first-order chi connectivity index (χ1) is 10.5. The zero-order chi connectivity index (χ0) is 18.7. The summed E-state index contributed by atoms with van der Waals surface area (Å²) in [6, 6.07) is 0. The lowest BCUT2D eigenvalue weighted by atomic mass is 10.0. The fourth-order valence-corrected chi connectivity index (χ4v) is 0.941. The first-order valence-corrected chi connectivity index (χ1v) is 6.39. The van der Waals surface area contributed by atoms with Gasteiger partial charge in [0.15, 0.2) is 12.4 Å². The van der Waals surface area contributed by atoms with Crippen LogP contribution in [0.3, 0.4) is 0 Å². The molecular weight excluding hydrogens is 320 g/mol. The van der Waals surface area contributed by atoms with E-state index in [0.717, 1.165) is 6.92 Å². The molecule has 0 aliphatic carbocycles. The third-order valence-electron chi connectivity index (χ3n) is 2.35. The normalized spacial score (nSPS) is 18.3. The van der Waals surface area contributed by atoms with E-state index >= 15 is 0 Å². The number of carboxylic acid groups (broad SMARTS) is 1. The molecule has 0 saturated carbocycles. The predicted molar refractivity (Wildman–Crippen MR) is 72.0 cm³/mol. The second-order valence-electron chi connectivity index (χ2n) is 4.46. The van der Waals surface area contributed by atoms with Crippen molar-refractivity contribution in [2.75, 3.05) is 6.61 Å². The van der Waals surface area contributed by atoms with Crippen LogP contribution in [-0.4, -0.2) is 97.2 Å². The molecule has 6 atom stereocenters. The topological polar surface area (TPSA) is 202 Å². The van der Waals surface area contributed by atoms with E-state index in [9.17, 15) is 24.6 Å². The SMILES string of the molecule is CC(O)C(=O)O.CC(O)C(=O)O[C@@H](C=O)[C@@H](O)[C@H](O)[C@H](O)CO. The van der Waals surface area contributed by atoms with Crippen LogP contribution in [0, 0.1) is 0 Å². The van der Waals surface area contributed by atoms with Crippen molar-refractivity contribution in [3.05, 3.63) is 0 Å². The summed E-state index contributed by atoms with van der Waals surface area (Å²) < 4.78 is 4.38. The number of aliphatic carboxylic acids is 1. The highest BCUT2D eigenvalue weighted by molar-refractivity contribution is 5.76. The van der Waals surface area contributed by atoms with Crippen LogP contribution in [0.15, 0.2) is 0 Å². The van der Waals surface area contributed by atoms with Gasteiger partial charge in [-0.15, -0.1) is 0 Å². The van der Waals surface area contributed by atoms with Crippen molar-refractivity contribution in [2.24, 2.45) is 0 Å². The van der Waals surface area contributed by atoms with Crippen LogP contribution < -0.4 is 0 Å². The first kappa shape index (κ1) is 23.6. The minimum atomic E-state index is -1.91. The lowest BCUT2D eigenvalue weighted by Crippen LogP contribution is -2.48. The van der Waals surface area contributed by atoms with E-state index in [-0.39, 0.29) is 6.29 Å². The number of hydrogen-bond acceptors (Lipinski definition) is 10. The summed E-state index contributed by atoms with van der Waals surface area (Å²) in [6.07, 6.45) is -9.88. The molecule has 0 aliphatic heterocycles. The van der Waals surface area contributed by atoms with Gasteiger partial charge in [0.1, 0.15) is 30.5 Å². The Kier molecular flexibility index (Phi) is 12.2. The molecule has 0 aromatic heterocycles. The Bertz CT molecular complexity index is 368. The van der Waals surface area contributed by atoms with Crippen LogP contribution in [0.2, 0.25) is 0 Å². The van der Waals surface area contributed by atoms with Gasteiger partial charge in [-0.2, -0.15) is 0 Å². The average molecular weight is 342 g/mol. The monoisotopic (exact) mass is 342 g/mol. The van der Waals surface area contributed by atoms with E-state index < -0.39 is 55.2 Å². The van der Waals surface area contributed by atoms with Gasteiger partial charge in [0.25, 0.3) is 0 Å². The van der Waals surface area contributed by atoms with Crippen molar-refractivity contribution in [1.29, 1.82) is 0 Å². The highest BCUT2D eigenvalue weighted by Crippen LogP contribution is 2.08. The van der Waals surface area contributed by atoms with Crippen LogP contribution in [0.4, 0.5) is 0 Å². The van der Waals surface area contributed by atoms with E-state index in [1.54, 1.807) is 0 Å². The van der Waals surface area contributed by atoms with Gasteiger partial charge in [-0.05, 0) is 13.8 Å². The predicted octanol–water partition coefficient (Wildman–Crippen LogP) is -4.00. The van der Waals surface area contributed by atoms with Crippen molar-refractivity contribution < 1.29 is 54.9 Å². The number of esters is 1. The third kappa shape index (κ3) is 9.89. The molecular formula is C12H22O11. The van der Waals surface area contributed by atoms with E-state index in [0.29, 0.717) is 0 Å². The van der Waals surface area contributed by atoms with Crippen molar-refractivity contribution in [3.8, 4) is 0 Å². The Labute approximate surface area is 131 Å². The standard InChI is InChI=1S/C9H16O8.C3H6O3/c1-4(12)9(16)17-6(3-11)8(15)7(14)5(13)2-10;1-2(4)3(5)6/h3-8,10,12-15H,2H2,1H3;2,4H,1H3,(H,5,6)/t4?,5-,6+,7-,8-;/m1./s1. The summed E-state index contributed by atoms with van der Waals surface area (Å²) in [6.45, 7) is 1.45. The number of carbonyl (C=O) groups is 3. The molecule has 11 nitrogen and oxygen atoms in total. The van der Waals surface area contributed by atoms with Gasteiger partial charge in [-0.3, -0.25) is 4.79 Å². The van der Waals surface area contributed by atoms with Crippen molar-refractivity contribution >= 4 is 18.2 Å². The Balaban J connectivity index is 0. The number of aldehydes is 1. The fraction of sp³-hybridized carbons (Fsp3) is 0.750. The largest absolute Gasteiger partial charge is 0.479 e. The smallest absolute Gasteiger partial charge is 0.335 e. The minimum Gasteiger partial charge on any atom is -0.479 e. The number of hydrogen-bond donors (Lipinski definition) is 7. The average Bonchev–Trinajstić information content (AvgIpc) is 2.50. The summed E-state index contributed by atoms with van der Waals surface area (Å²) >= 11 is 0. The molecule has 0 bridgehead atoms. The molecule has 136 valence electrons. The summed E-state index contributed by atoms with van der Waals surface area (Å²) in [7, 11) is 0. The van der Waals surface area contributed by atoms with E-state index in [1.165, 1.54) is 6.92 Å². The number of aliphatic hydroxyl groups excluding tert-OH is 6. The number of rotatable bonds is 8. The second-order valence-corrected chi connectivity index (χ2v) is 4.46. The molecule has 0 aliphatic rings. The highest BCUT2D eigenvalue weighted by Gasteiger charge is 2.34. The number of carboxylic acids is 1. The van der Waals surface area contributed by atoms with E-state index in [1.807, 2.05) is 0 Å². The molecule has 0 saturated heterocycles. The fourth-order valence-electron chi connectivity index (χ4n) is 0.941. The second kappa shape index (κ2) is 11.9. The van der Waals surface area contributed by atoms with Crippen molar-refractivity contribution in [1.82, 2.24) is 0 Å². The number of ether oxygens (including phenoxy) is 1. The van der Waals surface area contributed by atoms with E-state index in [4.69, 9.17) is 25.5 Å². The maximum atomic E-state index is 10.9. The summed E-state index contributed by atoms with van der Waals surface area (Å²) in [5.41, 5.74) is 0. The summed E-state index contributed by atoms with van der Waals surface area (Å²) in [5, 5.41) is 60.8. The lowest BCUT2D eigenvalue weighted by molar-refractivity contribution is -0.174. The molecule has 0 radical (unpaired) electrons. The molecule has 0 aromatic carbocycles. The van der Waals surface area contributed by atoms with Crippen LogP contribution in [0.5, 0.6) is 0 Å². The first-order valence-electron chi connectivity index (χ1n) is 6.39. The number of carbonyl (C=O) groups excluding carboxylic acids is 2. The Morgan fingerprint density at radius 2 is 1.43 bits per heavy atom. The molecule has 0 spiro atoms. The summed E-state index contributed by atoms with van der Waals surface area (Å²) in [5.74, 6) is -2.35. The number of aliphatic hydroxyl groups is 6. The molecule has 0 rings (SSSR count). The van der Waals surface area contributed by atoms with Crippen molar-refractivity contribution in [3.63, 3.8) is 0 Å². The maximum absolute atomic E-state index is 10.9. The van der Waals surface area contributed by atoms with Gasteiger partial charge in [-0.25, -0.2) is 9.59 Å². The van der Waals surface area contributed by atoms with Crippen LogP contribution >= 0.6 is 0 Å². The molecule has 0 heterocycles. The molecule has 11 heteroatoms. The zero-order valence-corrected chi connectivity index (χ0v) is 12.5. The highest BCUT2D eigenvalue weighted by atomic mass is 16.6. The molecule has 2 unspecified atom stereocenters. The molecule has 23 heavy (non-hydrogen) atoms. The third-order valence-corrected chi connectivity index (χ3v) is 2.35. The van der Waals surface area contributed by atoms with Gasteiger partial charge >= 0.3 is 11.9 Å². The maximum Gasteiger partial charge on any atom is 0.335 e. The Morgan fingerprint density at radius 3 is 1.70 bits per heavy atom. The van der Waals surface area contributed by atoms with Gasteiger partial charge in [0, 0.05) is 0 Å². The molecule has 0 aromatic rings.